The maximum Gasteiger partial charge on any atom is 0.303 e. The van der Waals surface area contributed by atoms with Crippen LogP contribution in [-0.2, 0) is 4.79 Å². The van der Waals surface area contributed by atoms with Crippen molar-refractivity contribution >= 4 is 5.97 Å². The fourth-order valence-electron chi connectivity index (χ4n) is 3.34. The van der Waals surface area contributed by atoms with Gasteiger partial charge in [0.1, 0.15) is 0 Å². The Morgan fingerprint density at radius 1 is 1.73 bits per heavy atom. The summed E-state index contributed by atoms with van der Waals surface area (Å²) in [7, 11) is 0. The molecule has 3 nitrogen and oxygen atoms in total. The molecular formula is C12H19NO2. The lowest BCUT2D eigenvalue weighted by Crippen LogP contribution is -2.51. The molecule has 1 saturated carbocycles. The number of nitrogens with two attached hydrogens (primary N) is 1. The zero-order chi connectivity index (χ0) is 11.1. The molecule has 15 heavy (non-hydrogen) atoms. The quantitative estimate of drug-likeness (QED) is 0.694. The first-order chi connectivity index (χ1) is 7.11. The number of aliphatic carboxylic acids is 1. The van der Waals surface area contributed by atoms with E-state index in [-0.39, 0.29) is 11.8 Å². The molecule has 84 valence electrons. The summed E-state index contributed by atoms with van der Waals surface area (Å²) in [6, 6.07) is 0. The summed E-state index contributed by atoms with van der Waals surface area (Å²) >= 11 is 0. The third kappa shape index (κ3) is 1.59. The lowest BCUT2D eigenvalue weighted by atomic mass is 9.53. The molecule has 0 saturated heterocycles. The van der Waals surface area contributed by atoms with Gasteiger partial charge in [-0.3, -0.25) is 4.79 Å². The van der Waals surface area contributed by atoms with Crippen LogP contribution in [0.1, 0.15) is 32.6 Å². The van der Waals surface area contributed by atoms with E-state index in [0.717, 1.165) is 12.8 Å². The van der Waals surface area contributed by atoms with Crippen molar-refractivity contribution in [2.24, 2.45) is 23.0 Å². The van der Waals surface area contributed by atoms with Crippen LogP contribution in [0.15, 0.2) is 11.6 Å². The van der Waals surface area contributed by atoms with E-state index in [1.54, 1.807) is 0 Å². The number of carboxylic acid groups (broad SMARTS) is 1. The van der Waals surface area contributed by atoms with Crippen LogP contribution in [0.3, 0.4) is 0 Å². The second kappa shape index (κ2) is 3.63. The summed E-state index contributed by atoms with van der Waals surface area (Å²) in [6.45, 7) is 2.67. The molecule has 1 unspecified atom stereocenters. The largest absolute Gasteiger partial charge is 0.481 e. The van der Waals surface area contributed by atoms with Crippen molar-refractivity contribution in [2.75, 3.05) is 6.54 Å². The molecule has 2 rings (SSSR count). The van der Waals surface area contributed by atoms with E-state index in [1.807, 2.05) is 0 Å². The van der Waals surface area contributed by atoms with Gasteiger partial charge in [-0.1, -0.05) is 18.6 Å². The molecule has 3 heteroatoms. The van der Waals surface area contributed by atoms with E-state index < -0.39 is 5.97 Å². The van der Waals surface area contributed by atoms with Crippen molar-refractivity contribution in [1.29, 1.82) is 0 Å². The summed E-state index contributed by atoms with van der Waals surface area (Å²) in [5.74, 6) is 0.411. The fourth-order valence-corrected chi connectivity index (χ4v) is 3.34. The summed E-state index contributed by atoms with van der Waals surface area (Å²) in [6.07, 6.45) is 5.80. The van der Waals surface area contributed by atoms with Crippen LogP contribution < -0.4 is 5.73 Å². The van der Waals surface area contributed by atoms with Crippen molar-refractivity contribution in [1.82, 2.24) is 0 Å². The number of rotatable bonds is 4. The Kier molecular flexibility index (Phi) is 2.59. The minimum atomic E-state index is -0.711. The lowest BCUT2D eigenvalue weighted by Gasteiger charge is -2.51. The smallest absolute Gasteiger partial charge is 0.303 e. The first-order valence-corrected chi connectivity index (χ1v) is 5.72. The van der Waals surface area contributed by atoms with Gasteiger partial charge in [0, 0.05) is 0 Å². The highest BCUT2D eigenvalue weighted by molar-refractivity contribution is 5.68. The number of hydrogen-bond donors (Lipinski definition) is 2. The molecule has 0 aromatic heterocycles. The average Bonchev–Trinajstić information content (AvgIpc) is 2.53. The van der Waals surface area contributed by atoms with Gasteiger partial charge >= 0.3 is 5.97 Å². The Hall–Kier alpha value is -0.830. The molecule has 3 atom stereocenters. The van der Waals surface area contributed by atoms with Gasteiger partial charge < -0.3 is 10.8 Å². The van der Waals surface area contributed by atoms with Gasteiger partial charge in [-0.25, -0.2) is 0 Å². The third-order valence-electron chi connectivity index (χ3n) is 4.19. The maximum absolute atomic E-state index is 10.8. The van der Waals surface area contributed by atoms with E-state index in [1.165, 1.54) is 12.0 Å². The zero-order valence-corrected chi connectivity index (χ0v) is 9.20. The molecule has 0 spiro atoms. The monoisotopic (exact) mass is 209 g/mol. The topological polar surface area (TPSA) is 63.3 Å². The molecular weight excluding hydrogens is 190 g/mol. The van der Waals surface area contributed by atoms with E-state index >= 15 is 0 Å². The first-order valence-electron chi connectivity index (χ1n) is 5.72. The zero-order valence-electron chi connectivity index (χ0n) is 9.20. The molecule has 0 amide bonds. The summed E-state index contributed by atoms with van der Waals surface area (Å²) in [4.78, 5) is 10.8. The van der Waals surface area contributed by atoms with Crippen LogP contribution in [0.25, 0.3) is 0 Å². The Balaban J connectivity index is 2.11. The van der Waals surface area contributed by atoms with Crippen molar-refractivity contribution in [2.45, 2.75) is 32.6 Å². The number of carbonyl (C=O) groups is 1. The first kappa shape index (κ1) is 10.7. The van der Waals surface area contributed by atoms with Crippen molar-refractivity contribution in [3.05, 3.63) is 11.6 Å². The second-order valence-electron chi connectivity index (χ2n) is 5.01. The molecule has 1 fully saturated rings. The van der Waals surface area contributed by atoms with Gasteiger partial charge in [-0.15, -0.1) is 0 Å². The number of hydrogen-bond acceptors (Lipinski definition) is 2. The highest BCUT2D eigenvalue weighted by Crippen LogP contribution is 2.59. The molecule has 0 radical (unpaired) electrons. The van der Waals surface area contributed by atoms with Gasteiger partial charge in [0.15, 0.2) is 0 Å². The summed E-state index contributed by atoms with van der Waals surface area (Å²) in [5, 5.41) is 8.91. The minimum Gasteiger partial charge on any atom is -0.481 e. The fraction of sp³-hybridized carbons (Fsp3) is 0.750. The van der Waals surface area contributed by atoms with Crippen LogP contribution >= 0.6 is 0 Å². The Labute approximate surface area is 90.3 Å². The molecule has 2 aliphatic carbocycles. The third-order valence-corrected chi connectivity index (χ3v) is 4.19. The van der Waals surface area contributed by atoms with Gasteiger partial charge in [0.05, 0.1) is 6.42 Å². The average molecular weight is 209 g/mol. The molecule has 0 heterocycles. The normalized spacial score (nSPS) is 38.1. The Morgan fingerprint density at radius 3 is 3.00 bits per heavy atom. The van der Waals surface area contributed by atoms with Gasteiger partial charge in [-0.05, 0) is 43.1 Å². The van der Waals surface area contributed by atoms with Gasteiger partial charge in [0.2, 0.25) is 0 Å². The lowest BCUT2D eigenvalue weighted by molar-refractivity contribution is -0.144. The van der Waals surface area contributed by atoms with E-state index in [9.17, 15) is 4.79 Å². The molecule has 0 aromatic rings. The van der Waals surface area contributed by atoms with Crippen molar-refractivity contribution < 1.29 is 9.90 Å². The second-order valence-corrected chi connectivity index (χ2v) is 5.01. The predicted molar refractivity (Wildman–Crippen MR) is 58.3 cm³/mol. The molecule has 0 bridgehead atoms. The summed E-state index contributed by atoms with van der Waals surface area (Å²) in [5.41, 5.74) is 7.13. The SMILES string of the molecule is CCC1=CC2[C@H](C1)C[C@]2(CN)CC(=O)O. The predicted octanol–water partition coefficient (Wildman–Crippen LogP) is 1.78. The Bertz CT molecular complexity index is 311. The Morgan fingerprint density at radius 2 is 2.47 bits per heavy atom. The van der Waals surface area contributed by atoms with Crippen LogP contribution in [0.4, 0.5) is 0 Å². The minimum absolute atomic E-state index is 0.132. The highest BCUT2D eigenvalue weighted by atomic mass is 16.4. The van der Waals surface area contributed by atoms with Crippen LogP contribution in [0.5, 0.6) is 0 Å². The van der Waals surface area contributed by atoms with E-state index in [4.69, 9.17) is 10.8 Å². The van der Waals surface area contributed by atoms with Crippen molar-refractivity contribution in [3.8, 4) is 0 Å². The number of allylic oxidation sites excluding steroid dienone is 2. The van der Waals surface area contributed by atoms with Crippen LogP contribution in [0.2, 0.25) is 0 Å². The van der Waals surface area contributed by atoms with Gasteiger partial charge in [-0.2, -0.15) is 0 Å². The number of fused-ring (bicyclic) bond motifs is 1. The van der Waals surface area contributed by atoms with Crippen LogP contribution in [0, 0.1) is 17.3 Å². The molecule has 0 aliphatic heterocycles. The van der Waals surface area contributed by atoms with Crippen LogP contribution in [-0.4, -0.2) is 17.6 Å². The van der Waals surface area contributed by atoms with E-state index in [2.05, 4.69) is 13.0 Å². The summed E-state index contributed by atoms with van der Waals surface area (Å²) < 4.78 is 0. The van der Waals surface area contributed by atoms with E-state index in [0.29, 0.717) is 18.4 Å². The standard InChI is InChI=1S/C12H19NO2/c1-2-8-3-9-5-12(7-13,6-11(14)15)10(9)4-8/h4,9-10H,2-3,5-7,13H2,1H3,(H,14,15)/t9-,10?,12-/m1/s1. The highest BCUT2D eigenvalue weighted by Gasteiger charge is 2.54. The molecule has 2 aliphatic rings. The molecule has 3 N–H and O–H groups in total. The van der Waals surface area contributed by atoms with Crippen molar-refractivity contribution in [3.63, 3.8) is 0 Å². The molecule has 0 aromatic carbocycles. The maximum atomic E-state index is 10.8. The van der Waals surface area contributed by atoms with Gasteiger partial charge in [0.25, 0.3) is 0 Å². The number of carboxylic acids is 1.